The van der Waals surface area contributed by atoms with Gasteiger partial charge in [0.1, 0.15) is 0 Å². The molecule has 0 fully saturated rings. The van der Waals surface area contributed by atoms with Gasteiger partial charge in [0.25, 0.3) is 5.69 Å². The van der Waals surface area contributed by atoms with E-state index in [0.717, 1.165) is 0 Å². The summed E-state index contributed by atoms with van der Waals surface area (Å²) in [6.45, 7) is 3.27. The van der Waals surface area contributed by atoms with Crippen molar-refractivity contribution in [2.24, 2.45) is 5.73 Å². The zero-order valence-corrected chi connectivity index (χ0v) is 8.56. The summed E-state index contributed by atoms with van der Waals surface area (Å²) >= 11 is 0. The molecule has 1 rings (SSSR count). The fourth-order valence-electron chi connectivity index (χ4n) is 1.15. The Labute approximate surface area is 87.0 Å². The number of carbonyl (C=O) groups is 1. The highest BCUT2D eigenvalue weighted by Gasteiger charge is 2.28. The van der Waals surface area contributed by atoms with E-state index in [1.165, 1.54) is 18.2 Å². The first-order valence-electron chi connectivity index (χ1n) is 4.40. The van der Waals surface area contributed by atoms with Crippen molar-refractivity contribution in [2.45, 2.75) is 19.3 Å². The number of nitro benzene ring substituents is 1. The Morgan fingerprint density at radius 1 is 1.47 bits per heavy atom. The van der Waals surface area contributed by atoms with Crippen LogP contribution in [0, 0.1) is 10.1 Å². The van der Waals surface area contributed by atoms with Crippen molar-refractivity contribution in [1.29, 1.82) is 0 Å². The molecule has 1 aromatic rings. The van der Waals surface area contributed by atoms with Crippen molar-refractivity contribution in [3.05, 3.63) is 39.9 Å². The van der Waals surface area contributed by atoms with Crippen LogP contribution in [0.3, 0.4) is 0 Å². The molecule has 15 heavy (non-hydrogen) atoms. The van der Waals surface area contributed by atoms with E-state index in [-0.39, 0.29) is 5.69 Å². The lowest BCUT2D eigenvalue weighted by Gasteiger charge is -2.20. The molecule has 0 spiro atoms. The maximum Gasteiger partial charge on any atom is 0.269 e. The van der Waals surface area contributed by atoms with Gasteiger partial charge in [-0.25, -0.2) is 0 Å². The van der Waals surface area contributed by atoms with Gasteiger partial charge in [0, 0.05) is 12.1 Å². The number of rotatable bonds is 3. The quantitative estimate of drug-likeness (QED) is 0.601. The maximum atomic E-state index is 11.2. The fourth-order valence-corrected chi connectivity index (χ4v) is 1.15. The van der Waals surface area contributed by atoms with E-state index in [1.54, 1.807) is 19.9 Å². The second kappa shape index (κ2) is 3.68. The van der Waals surface area contributed by atoms with Crippen LogP contribution in [0.1, 0.15) is 19.4 Å². The number of carbonyl (C=O) groups excluding carboxylic acids is 1. The van der Waals surface area contributed by atoms with Crippen LogP contribution in [-0.2, 0) is 10.2 Å². The minimum Gasteiger partial charge on any atom is -0.369 e. The highest BCUT2D eigenvalue weighted by Crippen LogP contribution is 2.25. The number of amides is 1. The molecular formula is C10H12N2O3. The van der Waals surface area contributed by atoms with Crippen LogP contribution in [0.5, 0.6) is 0 Å². The predicted octanol–water partition coefficient (Wildman–Crippen LogP) is 1.36. The van der Waals surface area contributed by atoms with Gasteiger partial charge in [-0.2, -0.15) is 0 Å². The molecule has 1 amide bonds. The van der Waals surface area contributed by atoms with Gasteiger partial charge in [-0.15, -0.1) is 0 Å². The lowest BCUT2D eigenvalue weighted by atomic mass is 9.84. The lowest BCUT2D eigenvalue weighted by Crippen LogP contribution is -2.35. The molecule has 0 aliphatic heterocycles. The number of non-ortho nitro benzene ring substituents is 1. The largest absolute Gasteiger partial charge is 0.369 e. The van der Waals surface area contributed by atoms with Gasteiger partial charge in [0.05, 0.1) is 10.3 Å². The number of nitrogens with two attached hydrogens (primary N) is 1. The van der Waals surface area contributed by atoms with Crippen molar-refractivity contribution in [1.82, 2.24) is 0 Å². The normalized spacial score (nSPS) is 11.1. The van der Waals surface area contributed by atoms with Crippen molar-refractivity contribution in [3.8, 4) is 0 Å². The summed E-state index contributed by atoms with van der Waals surface area (Å²) in [4.78, 5) is 21.2. The van der Waals surface area contributed by atoms with Gasteiger partial charge < -0.3 is 5.73 Å². The smallest absolute Gasteiger partial charge is 0.269 e. The average molecular weight is 208 g/mol. The van der Waals surface area contributed by atoms with E-state index in [1.807, 2.05) is 0 Å². The second-order valence-electron chi connectivity index (χ2n) is 3.80. The number of nitrogens with zero attached hydrogens (tertiary/aromatic N) is 1. The van der Waals surface area contributed by atoms with Crippen LogP contribution >= 0.6 is 0 Å². The topological polar surface area (TPSA) is 86.2 Å². The van der Waals surface area contributed by atoms with Gasteiger partial charge in [-0.05, 0) is 19.4 Å². The standard InChI is InChI=1S/C10H12N2O3/c1-10(2,9(11)13)7-4-3-5-8(6-7)12(14)15/h3-6H,1-2H3,(H2,11,13). The molecule has 0 saturated heterocycles. The Morgan fingerprint density at radius 3 is 2.53 bits per heavy atom. The van der Waals surface area contributed by atoms with Crippen LogP contribution in [0.25, 0.3) is 0 Å². The highest BCUT2D eigenvalue weighted by atomic mass is 16.6. The molecule has 0 aliphatic rings. The summed E-state index contributed by atoms with van der Waals surface area (Å²) in [6.07, 6.45) is 0. The second-order valence-corrected chi connectivity index (χ2v) is 3.80. The van der Waals surface area contributed by atoms with E-state index in [0.29, 0.717) is 5.56 Å². The molecule has 0 heterocycles. The van der Waals surface area contributed by atoms with E-state index in [2.05, 4.69) is 0 Å². The third-order valence-electron chi connectivity index (χ3n) is 2.39. The van der Waals surface area contributed by atoms with Crippen molar-refractivity contribution >= 4 is 11.6 Å². The van der Waals surface area contributed by atoms with E-state index < -0.39 is 16.2 Å². The van der Waals surface area contributed by atoms with Crippen LogP contribution in [0.4, 0.5) is 5.69 Å². The minimum atomic E-state index is -0.897. The SMILES string of the molecule is CC(C)(C(N)=O)c1cccc([N+](=O)[O-])c1. The summed E-state index contributed by atoms with van der Waals surface area (Å²) in [5, 5.41) is 10.5. The number of benzene rings is 1. The average Bonchev–Trinajstić information content (AvgIpc) is 2.17. The molecule has 1 aromatic carbocycles. The van der Waals surface area contributed by atoms with Crippen molar-refractivity contribution < 1.29 is 9.72 Å². The van der Waals surface area contributed by atoms with Crippen LogP contribution in [-0.4, -0.2) is 10.8 Å². The third-order valence-corrected chi connectivity index (χ3v) is 2.39. The van der Waals surface area contributed by atoms with Crippen molar-refractivity contribution in [2.75, 3.05) is 0 Å². The van der Waals surface area contributed by atoms with Crippen LogP contribution < -0.4 is 5.73 Å². The first-order chi connectivity index (χ1) is 6.85. The molecule has 0 atom stereocenters. The van der Waals surface area contributed by atoms with Crippen molar-refractivity contribution in [3.63, 3.8) is 0 Å². The number of primary amides is 1. The Bertz CT molecular complexity index is 413. The Morgan fingerprint density at radius 2 is 2.07 bits per heavy atom. The number of nitro groups is 1. The van der Waals surface area contributed by atoms with Gasteiger partial charge in [0.2, 0.25) is 5.91 Å². The summed E-state index contributed by atoms with van der Waals surface area (Å²) in [5.74, 6) is -0.511. The molecule has 0 radical (unpaired) electrons. The van der Waals surface area contributed by atoms with E-state index >= 15 is 0 Å². The molecule has 0 saturated carbocycles. The zero-order chi connectivity index (χ0) is 11.6. The molecular weight excluding hydrogens is 196 g/mol. The molecule has 5 heteroatoms. The molecule has 5 nitrogen and oxygen atoms in total. The van der Waals surface area contributed by atoms with Crippen LogP contribution in [0.2, 0.25) is 0 Å². The minimum absolute atomic E-state index is 0.0400. The Balaban J connectivity index is 3.21. The van der Waals surface area contributed by atoms with Crippen LogP contribution in [0.15, 0.2) is 24.3 Å². The summed E-state index contributed by atoms with van der Waals surface area (Å²) in [6, 6.07) is 5.93. The van der Waals surface area contributed by atoms with Gasteiger partial charge >= 0.3 is 0 Å². The summed E-state index contributed by atoms with van der Waals surface area (Å²) < 4.78 is 0. The summed E-state index contributed by atoms with van der Waals surface area (Å²) in [5.41, 5.74) is 4.83. The molecule has 0 unspecified atom stereocenters. The van der Waals surface area contributed by atoms with Gasteiger partial charge in [-0.1, -0.05) is 12.1 Å². The molecule has 0 aromatic heterocycles. The predicted molar refractivity (Wildman–Crippen MR) is 55.3 cm³/mol. The fraction of sp³-hybridized carbons (Fsp3) is 0.300. The zero-order valence-electron chi connectivity index (χ0n) is 8.56. The van der Waals surface area contributed by atoms with Gasteiger partial charge in [0.15, 0.2) is 0 Å². The molecule has 80 valence electrons. The summed E-state index contributed by atoms with van der Waals surface area (Å²) in [7, 11) is 0. The lowest BCUT2D eigenvalue weighted by molar-refractivity contribution is -0.384. The first-order valence-corrected chi connectivity index (χ1v) is 4.40. The number of hydrogen-bond acceptors (Lipinski definition) is 3. The number of hydrogen-bond donors (Lipinski definition) is 1. The first kappa shape index (κ1) is 11.2. The Hall–Kier alpha value is -1.91. The molecule has 0 bridgehead atoms. The highest BCUT2D eigenvalue weighted by molar-refractivity contribution is 5.85. The van der Waals surface area contributed by atoms with E-state index in [9.17, 15) is 14.9 Å². The Kier molecular flexibility index (Phi) is 2.74. The monoisotopic (exact) mass is 208 g/mol. The van der Waals surface area contributed by atoms with E-state index in [4.69, 9.17) is 5.73 Å². The maximum absolute atomic E-state index is 11.2. The molecule has 2 N–H and O–H groups in total. The van der Waals surface area contributed by atoms with Gasteiger partial charge in [-0.3, -0.25) is 14.9 Å². The molecule has 0 aliphatic carbocycles. The third kappa shape index (κ3) is 2.12.